The summed E-state index contributed by atoms with van der Waals surface area (Å²) in [7, 11) is 0. The van der Waals surface area contributed by atoms with E-state index in [4.69, 9.17) is 0 Å². The molecule has 2 heterocycles. The molecule has 0 saturated carbocycles. The standard InChI is InChI=1S/C19H16N4O/c1-2-12-5-7-13(8-6-12)22-23-18-17-14-4-3-11-20-15(14)9-10-16(17)21-19(18)24/h3-11,20H,2H2,1H3,(H,21,24). The van der Waals surface area contributed by atoms with Crippen molar-refractivity contribution < 1.29 is 0 Å². The van der Waals surface area contributed by atoms with Crippen LogP contribution < -0.4 is 5.56 Å². The van der Waals surface area contributed by atoms with Crippen LogP contribution in [0.15, 0.2) is 69.8 Å². The highest BCUT2D eigenvalue weighted by Gasteiger charge is 2.12. The number of aryl methyl sites for hydroxylation is 1. The topological polar surface area (TPSA) is 73.4 Å². The van der Waals surface area contributed by atoms with Crippen molar-refractivity contribution in [1.29, 1.82) is 0 Å². The Bertz CT molecular complexity index is 1100. The average molecular weight is 316 g/mol. The van der Waals surface area contributed by atoms with Crippen molar-refractivity contribution in [2.24, 2.45) is 10.2 Å². The van der Waals surface area contributed by atoms with Crippen LogP contribution in [0, 0.1) is 0 Å². The number of hydrogen-bond donors (Lipinski definition) is 2. The fourth-order valence-corrected chi connectivity index (χ4v) is 2.86. The molecule has 0 aliphatic rings. The third-order valence-corrected chi connectivity index (χ3v) is 4.15. The highest BCUT2D eigenvalue weighted by atomic mass is 16.1. The molecule has 0 saturated heterocycles. The Hall–Kier alpha value is -3.21. The zero-order valence-corrected chi connectivity index (χ0v) is 13.2. The van der Waals surface area contributed by atoms with Crippen molar-refractivity contribution in [3.8, 4) is 0 Å². The van der Waals surface area contributed by atoms with Gasteiger partial charge in [-0.05, 0) is 42.3 Å². The Balaban J connectivity index is 1.86. The van der Waals surface area contributed by atoms with Gasteiger partial charge in [0.2, 0.25) is 0 Å². The number of aromatic amines is 2. The number of hydrogen-bond acceptors (Lipinski definition) is 3. The first-order valence-electron chi connectivity index (χ1n) is 7.89. The molecule has 24 heavy (non-hydrogen) atoms. The molecule has 4 rings (SSSR count). The predicted molar refractivity (Wildman–Crippen MR) is 96.4 cm³/mol. The van der Waals surface area contributed by atoms with Crippen LogP contribution in [0.1, 0.15) is 12.5 Å². The van der Waals surface area contributed by atoms with Crippen molar-refractivity contribution >= 4 is 33.2 Å². The van der Waals surface area contributed by atoms with Crippen molar-refractivity contribution in [2.75, 3.05) is 0 Å². The van der Waals surface area contributed by atoms with E-state index in [1.165, 1.54) is 5.56 Å². The van der Waals surface area contributed by atoms with Gasteiger partial charge in [0, 0.05) is 22.5 Å². The molecule has 0 spiro atoms. The minimum Gasteiger partial charge on any atom is -0.361 e. The van der Waals surface area contributed by atoms with E-state index < -0.39 is 0 Å². The monoisotopic (exact) mass is 316 g/mol. The van der Waals surface area contributed by atoms with Gasteiger partial charge >= 0.3 is 0 Å². The molecule has 0 aliphatic heterocycles. The fourth-order valence-electron chi connectivity index (χ4n) is 2.86. The zero-order chi connectivity index (χ0) is 16.5. The largest absolute Gasteiger partial charge is 0.361 e. The Morgan fingerprint density at radius 3 is 2.54 bits per heavy atom. The van der Waals surface area contributed by atoms with Gasteiger partial charge in [0.05, 0.1) is 11.2 Å². The second-order valence-corrected chi connectivity index (χ2v) is 5.64. The Kier molecular flexibility index (Phi) is 3.46. The molecule has 4 aromatic rings. The van der Waals surface area contributed by atoms with Crippen LogP contribution in [0.3, 0.4) is 0 Å². The summed E-state index contributed by atoms with van der Waals surface area (Å²) in [4.78, 5) is 18.3. The molecule has 0 amide bonds. The Labute approximate surface area is 138 Å². The molecule has 0 radical (unpaired) electrons. The van der Waals surface area contributed by atoms with E-state index in [0.717, 1.165) is 33.9 Å². The van der Waals surface area contributed by atoms with Crippen LogP contribution in [0.2, 0.25) is 0 Å². The number of azo groups is 1. The van der Waals surface area contributed by atoms with Crippen LogP contribution in [0.5, 0.6) is 0 Å². The van der Waals surface area contributed by atoms with E-state index in [2.05, 4.69) is 27.1 Å². The van der Waals surface area contributed by atoms with E-state index in [1.807, 2.05) is 54.7 Å². The van der Waals surface area contributed by atoms with E-state index in [9.17, 15) is 4.79 Å². The number of rotatable bonds is 3. The number of fused-ring (bicyclic) bond motifs is 3. The van der Waals surface area contributed by atoms with Gasteiger partial charge in [-0.1, -0.05) is 25.1 Å². The van der Waals surface area contributed by atoms with Gasteiger partial charge in [-0.25, -0.2) is 0 Å². The van der Waals surface area contributed by atoms with Crippen LogP contribution in [0.4, 0.5) is 11.4 Å². The normalized spacial score (nSPS) is 11.7. The zero-order valence-electron chi connectivity index (χ0n) is 13.2. The maximum Gasteiger partial charge on any atom is 0.276 e. The molecule has 5 heteroatoms. The van der Waals surface area contributed by atoms with E-state index in [-0.39, 0.29) is 5.56 Å². The highest BCUT2D eigenvalue weighted by molar-refractivity contribution is 6.10. The van der Waals surface area contributed by atoms with Crippen molar-refractivity contribution in [3.05, 3.63) is 70.6 Å². The van der Waals surface area contributed by atoms with E-state index in [0.29, 0.717) is 5.69 Å². The lowest BCUT2D eigenvalue weighted by Gasteiger charge is -2.00. The van der Waals surface area contributed by atoms with Gasteiger partial charge in [0.1, 0.15) is 0 Å². The summed E-state index contributed by atoms with van der Waals surface area (Å²) in [6, 6.07) is 15.6. The summed E-state index contributed by atoms with van der Waals surface area (Å²) in [5.74, 6) is 0. The SMILES string of the molecule is CCc1ccc(N=Nc2c(=O)[nH]c3ccc4[nH]cccc4c23)cc1. The molecule has 0 fully saturated rings. The first-order chi connectivity index (χ1) is 11.8. The summed E-state index contributed by atoms with van der Waals surface area (Å²) >= 11 is 0. The predicted octanol–water partition coefficient (Wildman–Crippen LogP) is 4.99. The third kappa shape index (κ3) is 2.40. The van der Waals surface area contributed by atoms with Crippen LogP contribution in [0.25, 0.3) is 21.8 Å². The summed E-state index contributed by atoms with van der Waals surface area (Å²) in [6.07, 6.45) is 2.84. The van der Waals surface area contributed by atoms with Gasteiger partial charge < -0.3 is 9.97 Å². The minimum absolute atomic E-state index is 0.227. The summed E-state index contributed by atoms with van der Waals surface area (Å²) < 4.78 is 0. The van der Waals surface area contributed by atoms with Gasteiger partial charge in [-0.2, -0.15) is 5.11 Å². The summed E-state index contributed by atoms with van der Waals surface area (Å²) in [5.41, 5.74) is 3.81. The van der Waals surface area contributed by atoms with Crippen molar-refractivity contribution in [1.82, 2.24) is 9.97 Å². The van der Waals surface area contributed by atoms with Gasteiger partial charge in [-0.3, -0.25) is 4.79 Å². The second-order valence-electron chi connectivity index (χ2n) is 5.64. The van der Waals surface area contributed by atoms with E-state index >= 15 is 0 Å². The highest BCUT2D eigenvalue weighted by Crippen LogP contribution is 2.30. The molecule has 5 nitrogen and oxygen atoms in total. The van der Waals surface area contributed by atoms with Gasteiger partial charge in [0.15, 0.2) is 5.69 Å². The van der Waals surface area contributed by atoms with E-state index in [1.54, 1.807) is 0 Å². The maximum absolute atomic E-state index is 12.3. The number of H-pyrrole nitrogens is 2. The van der Waals surface area contributed by atoms with Gasteiger partial charge in [-0.15, -0.1) is 5.11 Å². The summed E-state index contributed by atoms with van der Waals surface area (Å²) in [5, 5.41) is 10.2. The minimum atomic E-state index is -0.227. The number of benzene rings is 2. The van der Waals surface area contributed by atoms with Crippen molar-refractivity contribution in [3.63, 3.8) is 0 Å². The first-order valence-corrected chi connectivity index (χ1v) is 7.89. The maximum atomic E-state index is 12.3. The third-order valence-electron chi connectivity index (χ3n) is 4.15. The van der Waals surface area contributed by atoms with Crippen LogP contribution in [-0.2, 0) is 6.42 Å². The molecule has 2 aromatic carbocycles. The molecule has 0 atom stereocenters. The Morgan fingerprint density at radius 2 is 1.75 bits per heavy atom. The number of pyridine rings is 1. The molecule has 2 N–H and O–H groups in total. The van der Waals surface area contributed by atoms with Crippen LogP contribution >= 0.6 is 0 Å². The van der Waals surface area contributed by atoms with Gasteiger partial charge in [0.25, 0.3) is 5.56 Å². The molecule has 0 bridgehead atoms. The molecule has 118 valence electrons. The number of nitrogens with one attached hydrogen (secondary N) is 2. The smallest absolute Gasteiger partial charge is 0.276 e. The molecule has 0 unspecified atom stereocenters. The number of aromatic nitrogens is 2. The number of nitrogens with zero attached hydrogens (tertiary/aromatic N) is 2. The molecular formula is C19H16N4O. The lowest BCUT2D eigenvalue weighted by Crippen LogP contribution is -1.95. The second kappa shape index (κ2) is 5.77. The first kappa shape index (κ1) is 14.4. The van der Waals surface area contributed by atoms with Crippen LogP contribution in [-0.4, -0.2) is 9.97 Å². The Morgan fingerprint density at radius 1 is 0.958 bits per heavy atom. The fraction of sp³-hybridized carbons (Fsp3) is 0.105. The molecular weight excluding hydrogens is 300 g/mol. The lowest BCUT2D eigenvalue weighted by molar-refractivity contribution is 1.13. The quantitative estimate of drug-likeness (QED) is 0.514. The average Bonchev–Trinajstić information content (AvgIpc) is 2.96. The van der Waals surface area contributed by atoms with Crippen molar-refractivity contribution in [2.45, 2.75) is 13.3 Å². The molecule has 2 aromatic heterocycles. The summed E-state index contributed by atoms with van der Waals surface area (Å²) in [6.45, 7) is 2.11. The molecule has 0 aliphatic carbocycles. The lowest BCUT2D eigenvalue weighted by atomic mass is 10.1.